The van der Waals surface area contributed by atoms with Gasteiger partial charge in [-0.1, -0.05) is 23.7 Å². The molecule has 0 radical (unpaired) electrons. The van der Waals surface area contributed by atoms with E-state index < -0.39 is 9.05 Å². The van der Waals surface area contributed by atoms with Crippen molar-refractivity contribution < 1.29 is 29.8 Å². The molecule has 0 fully saturated rings. The van der Waals surface area contributed by atoms with E-state index in [4.69, 9.17) is 11.6 Å². The minimum Gasteiger partial charge on any atom is -0.746 e. The van der Waals surface area contributed by atoms with Crippen molar-refractivity contribution in [1.82, 2.24) is 0 Å². The standard InChI is InChI=1S/C7H7ClO3S2.Ni/c8-7-3-1-6(2-4-7)5-12-13(9,10)11;/h1-4H,5H2,(H-,9,10,11);/q;+2/p-1. The molecular formula is C7H6ClNiO3S2+. The van der Waals surface area contributed by atoms with Gasteiger partial charge in [0.1, 0.15) is 0 Å². The minimum atomic E-state index is -4.20. The maximum Gasteiger partial charge on any atom is 2.00 e. The van der Waals surface area contributed by atoms with Crippen molar-refractivity contribution in [3.8, 4) is 0 Å². The van der Waals surface area contributed by atoms with Crippen LogP contribution in [0.4, 0.5) is 0 Å². The minimum absolute atomic E-state index is 0. The zero-order valence-corrected chi connectivity index (χ0v) is 10.1. The molecule has 0 aliphatic heterocycles. The van der Waals surface area contributed by atoms with E-state index in [2.05, 4.69) is 0 Å². The van der Waals surface area contributed by atoms with Gasteiger partial charge in [0.15, 0.2) is 0 Å². The first-order valence-corrected chi connectivity index (χ1v) is 6.61. The molecule has 0 amide bonds. The molecule has 1 rings (SSSR count). The second-order valence-corrected chi connectivity index (χ2v) is 6.01. The van der Waals surface area contributed by atoms with Crippen LogP contribution < -0.4 is 0 Å². The fraction of sp³-hybridized carbons (Fsp3) is 0.143. The van der Waals surface area contributed by atoms with Crippen molar-refractivity contribution in [3.63, 3.8) is 0 Å². The topological polar surface area (TPSA) is 63.2 Å². The molecule has 3 nitrogen and oxygen atoms in total. The summed E-state index contributed by atoms with van der Waals surface area (Å²) in [4.78, 5) is 0. The second-order valence-electron chi connectivity index (χ2n) is 2.30. The molecule has 0 heterocycles. The number of rotatable bonds is 2. The van der Waals surface area contributed by atoms with Gasteiger partial charge in [-0.25, -0.2) is 4.21 Å². The van der Waals surface area contributed by atoms with E-state index in [-0.39, 0.29) is 22.2 Å². The molecule has 0 aliphatic rings. The summed E-state index contributed by atoms with van der Waals surface area (Å²) >= 11 is 5.61. The van der Waals surface area contributed by atoms with Gasteiger partial charge >= 0.3 is 16.5 Å². The molecule has 0 unspecified atom stereocenters. The molecule has 0 aromatic heterocycles. The van der Waals surface area contributed by atoms with Gasteiger partial charge in [-0.3, -0.25) is 0 Å². The van der Waals surface area contributed by atoms with Gasteiger partial charge in [-0.15, -0.1) is 0 Å². The van der Waals surface area contributed by atoms with E-state index >= 15 is 0 Å². The molecule has 0 spiro atoms. The van der Waals surface area contributed by atoms with E-state index in [0.29, 0.717) is 15.3 Å². The molecule has 0 N–H and O–H groups in total. The van der Waals surface area contributed by atoms with Crippen LogP contribution in [0.1, 0.15) is 5.56 Å². The molecule has 1 aromatic carbocycles. The molecule has 7 heteroatoms. The average Bonchev–Trinajstić information content (AvgIpc) is 2.02. The normalized spacial score (nSPS) is 10.5. The van der Waals surface area contributed by atoms with Crippen LogP contribution in [0.2, 0.25) is 5.02 Å². The zero-order chi connectivity index (χ0) is 9.90. The first kappa shape index (κ1) is 14.3. The Labute approximate surface area is 101 Å². The summed E-state index contributed by atoms with van der Waals surface area (Å²) in [6.45, 7) is 0. The van der Waals surface area contributed by atoms with Crippen molar-refractivity contribution in [2.75, 3.05) is 0 Å². The Morgan fingerprint density at radius 2 is 1.79 bits per heavy atom. The van der Waals surface area contributed by atoms with Crippen LogP contribution in [0, 0.1) is 0 Å². The Balaban J connectivity index is 0.00000169. The molecular weight excluding hydrogens is 290 g/mol. The van der Waals surface area contributed by atoms with Crippen molar-refractivity contribution in [1.29, 1.82) is 0 Å². The van der Waals surface area contributed by atoms with E-state index in [1.54, 1.807) is 24.3 Å². The van der Waals surface area contributed by atoms with E-state index in [0.717, 1.165) is 5.56 Å². The third kappa shape index (κ3) is 5.91. The maximum absolute atomic E-state index is 10.3. The average molecular weight is 296 g/mol. The summed E-state index contributed by atoms with van der Waals surface area (Å²) in [5, 5.41) is 0.582. The molecule has 1 aromatic rings. The van der Waals surface area contributed by atoms with Crippen molar-refractivity contribution in [3.05, 3.63) is 34.9 Å². The largest absolute Gasteiger partial charge is 2.00 e. The monoisotopic (exact) mass is 295 g/mol. The summed E-state index contributed by atoms with van der Waals surface area (Å²) in [6, 6.07) is 6.66. The molecule has 0 aliphatic carbocycles. The third-order valence-electron chi connectivity index (χ3n) is 1.28. The zero-order valence-electron chi connectivity index (χ0n) is 6.75. The molecule has 14 heavy (non-hydrogen) atoms. The maximum atomic E-state index is 10.3. The van der Waals surface area contributed by atoms with Gasteiger partial charge < -0.3 is 9.11 Å². The summed E-state index contributed by atoms with van der Waals surface area (Å²) < 4.78 is 30.8. The van der Waals surface area contributed by atoms with Gasteiger partial charge in [0, 0.05) is 10.6 Å². The van der Waals surface area contributed by atoms with E-state index in [1.165, 1.54) is 0 Å². The fourth-order valence-electron chi connectivity index (χ4n) is 0.721. The summed E-state index contributed by atoms with van der Waals surface area (Å²) in [6.07, 6.45) is 0. The van der Waals surface area contributed by atoms with Crippen LogP contribution in [0.15, 0.2) is 24.3 Å². The van der Waals surface area contributed by atoms with Crippen molar-refractivity contribution >= 4 is 31.0 Å². The first-order valence-electron chi connectivity index (χ1n) is 3.32. The smallest absolute Gasteiger partial charge is 0.746 e. The Morgan fingerprint density at radius 3 is 2.21 bits per heavy atom. The SMILES string of the molecule is O=S([O-])([O-])=[S+]Cc1ccc(Cl)cc1.[Ni+2]. The number of benzene rings is 1. The Hall–Kier alpha value is 0.294. The van der Waals surface area contributed by atoms with Crippen LogP contribution in [0.3, 0.4) is 0 Å². The summed E-state index contributed by atoms with van der Waals surface area (Å²) in [7, 11) is -3.83. The number of halogens is 1. The predicted octanol–water partition coefficient (Wildman–Crippen LogP) is 1.38. The predicted molar refractivity (Wildman–Crippen MR) is 52.2 cm³/mol. The Bertz CT molecular complexity index is 390. The molecule has 0 saturated heterocycles. The molecule has 0 atom stereocenters. The van der Waals surface area contributed by atoms with Crippen LogP contribution in [0.25, 0.3) is 0 Å². The van der Waals surface area contributed by atoms with Gasteiger partial charge in [0.05, 0.1) is 9.05 Å². The fourth-order valence-corrected chi connectivity index (χ4v) is 2.16. The van der Waals surface area contributed by atoms with Crippen LogP contribution in [-0.4, -0.2) is 13.3 Å². The molecule has 0 saturated carbocycles. The van der Waals surface area contributed by atoms with Gasteiger partial charge in [0.2, 0.25) is 16.1 Å². The van der Waals surface area contributed by atoms with Gasteiger partial charge in [-0.05, 0) is 12.1 Å². The number of hydrogen-bond acceptors (Lipinski definition) is 3. The van der Waals surface area contributed by atoms with Crippen molar-refractivity contribution in [2.45, 2.75) is 5.75 Å². The summed E-state index contributed by atoms with van der Waals surface area (Å²) in [5.41, 5.74) is 0.758. The summed E-state index contributed by atoms with van der Waals surface area (Å²) in [5.74, 6) is 0.156. The Kier molecular flexibility index (Phi) is 6.13. The second kappa shape index (κ2) is 6.00. The van der Waals surface area contributed by atoms with E-state index in [9.17, 15) is 13.3 Å². The molecule has 80 valence electrons. The first-order chi connectivity index (χ1) is 5.97. The third-order valence-corrected chi connectivity index (χ3v) is 3.49. The van der Waals surface area contributed by atoms with Gasteiger partial charge in [-0.2, -0.15) is 0 Å². The van der Waals surface area contributed by atoms with Crippen LogP contribution in [0.5, 0.6) is 0 Å². The number of hydrogen-bond donors (Lipinski definition) is 0. The van der Waals surface area contributed by atoms with Crippen LogP contribution >= 0.6 is 11.6 Å². The molecule has 0 bridgehead atoms. The quantitative estimate of drug-likeness (QED) is 0.612. The van der Waals surface area contributed by atoms with Crippen molar-refractivity contribution in [2.24, 2.45) is 0 Å². The van der Waals surface area contributed by atoms with Gasteiger partial charge in [0.25, 0.3) is 0 Å². The Morgan fingerprint density at radius 1 is 1.29 bits per heavy atom. The van der Waals surface area contributed by atoms with E-state index in [1.807, 2.05) is 0 Å². The van der Waals surface area contributed by atoms with Crippen LogP contribution in [-0.2, 0) is 41.6 Å².